The number of rotatable bonds is 9. The van der Waals surface area contributed by atoms with Crippen LogP contribution in [0, 0.1) is 0 Å². The second-order valence-electron chi connectivity index (χ2n) is 5.35. The van der Waals surface area contributed by atoms with Crippen LogP contribution in [-0.4, -0.2) is 56.2 Å². The molecule has 0 saturated heterocycles. The predicted molar refractivity (Wildman–Crippen MR) is 97.7 cm³/mol. The number of nitrogens with zero attached hydrogens (tertiary/aromatic N) is 3. The average molecular weight is 388 g/mol. The van der Waals surface area contributed by atoms with Gasteiger partial charge in [0.2, 0.25) is 0 Å². The summed E-state index contributed by atoms with van der Waals surface area (Å²) in [6.07, 6.45) is 4.02. The van der Waals surface area contributed by atoms with E-state index in [-0.39, 0.29) is 4.90 Å². The zero-order valence-electron chi connectivity index (χ0n) is 13.9. The van der Waals surface area contributed by atoms with Crippen molar-refractivity contribution in [2.24, 2.45) is 0 Å². The van der Waals surface area contributed by atoms with E-state index in [9.17, 15) is 8.42 Å². The lowest BCUT2D eigenvalue weighted by molar-refractivity contribution is 0.258. The van der Waals surface area contributed by atoms with E-state index in [4.69, 9.17) is 4.74 Å². The van der Waals surface area contributed by atoms with E-state index in [1.807, 2.05) is 13.3 Å². The third kappa shape index (κ3) is 6.04. The van der Waals surface area contributed by atoms with Crippen molar-refractivity contribution >= 4 is 32.9 Å². The summed E-state index contributed by atoms with van der Waals surface area (Å²) in [6, 6.07) is 6.59. The number of thioether (sulfide) groups is 1. The molecule has 6 nitrogen and oxygen atoms in total. The zero-order chi connectivity index (χ0) is 17.6. The minimum atomic E-state index is -3.21. The van der Waals surface area contributed by atoms with Gasteiger partial charge < -0.3 is 4.74 Å². The van der Waals surface area contributed by atoms with Crippen molar-refractivity contribution in [1.29, 1.82) is 0 Å². The molecule has 2 rings (SSSR count). The molecule has 0 fully saturated rings. The third-order valence-corrected chi connectivity index (χ3v) is 6.21. The van der Waals surface area contributed by atoms with Gasteiger partial charge in [-0.1, -0.05) is 29.2 Å². The number of ether oxygens (including phenoxy) is 1. The Kier molecular flexibility index (Phi) is 7.02. The van der Waals surface area contributed by atoms with E-state index < -0.39 is 9.84 Å². The molecule has 1 heterocycles. The fourth-order valence-electron chi connectivity index (χ4n) is 2.01. The highest BCUT2D eigenvalue weighted by Crippen LogP contribution is 2.20. The van der Waals surface area contributed by atoms with E-state index in [0.717, 1.165) is 28.9 Å². The average Bonchev–Trinajstić information content (AvgIpc) is 2.98. The molecule has 24 heavy (non-hydrogen) atoms. The van der Waals surface area contributed by atoms with Crippen LogP contribution in [0.3, 0.4) is 0 Å². The number of hydrogen-bond acceptors (Lipinski definition) is 8. The van der Waals surface area contributed by atoms with Gasteiger partial charge in [-0.05, 0) is 37.9 Å². The lowest BCUT2D eigenvalue weighted by Crippen LogP contribution is -2.20. The molecule has 0 spiro atoms. The first-order valence-electron chi connectivity index (χ1n) is 7.36. The van der Waals surface area contributed by atoms with Crippen molar-refractivity contribution in [3.63, 3.8) is 0 Å². The largest absolute Gasteiger partial charge is 0.494 e. The van der Waals surface area contributed by atoms with Gasteiger partial charge >= 0.3 is 0 Å². The Morgan fingerprint density at radius 2 is 2.12 bits per heavy atom. The van der Waals surface area contributed by atoms with Gasteiger partial charge in [-0.3, -0.25) is 4.90 Å². The Hall–Kier alpha value is -1.16. The number of benzene rings is 1. The molecule has 2 aromatic rings. The maximum absolute atomic E-state index is 11.5. The lowest BCUT2D eigenvalue weighted by Gasteiger charge is -2.15. The van der Waals surface area contributed by atoms with Gasteiger partial charge in [-0.15, -0.1) is 10.2 Å². The Labute approximate surface area is 151 Å². The fourth-order valence-corrected chi connectivity index (χ4v) is 4.06. The summed E-state index contributed by atoms with van der Waals surface area (Å²) in [7, 11) is -1.17. The highest BCUT2D eigenvalue weighted by Gasteiger charge is 2.09. The van der Waals surface area contributed by atoms with Crippen LogP contribution in [0.4, 0.5) is 0 Å². The van der Waals surface area contributed by atoms with E-state index in [1.165, 1.54) is 6.26 Å². The molecule has 0 bridgehead atoms. The molecule has 0 amide bonds. The van der Waals surface area contributed by atoms with Gasteiger partial charge in [-0.2, -0.15) is 0 Å². The first-order chi connectivity index (χ1) is 11.4. The minimum Gasteiger partial charge on any atom is -0.494 e. The van der Waals surface area contributed by atoms with Crippen molar-refractivity contribution in [2.75, 3.05) is 32.7 Å². The maximum atomic E-state index is 11.5. The van der Waals surface area contributed by atoms with Crippen molar-refractivity contribution < 1.29 is 13.2 Å². The Morgan fingerprint density at radius 3 is 2.79 bits per heavy atom. The van der Waals surface area contributed by atoms with E-state index in [0.29, 0.717) is 12.4 Å². The lowest BCUT2D eigenvalue weighted by atomic mass is 10.3. The Bertz CT molecular complexity index is 762. The molecule has 0 saturated carbocycles. The summed E-state index contributed by atoms with van der Waals surface area (Å²) < 4.78 is 29.7. The second-order valence-corrected chi connectivity index (χ2v) is 9.48. The first-order valence-corrected chi connectivity index (χ1v) is 11.3. The van der Waals surface area contributed by atoms with Crippen LogP contribution in [0.5, 0.6) is 5.75 Å². The maximum Gasteiger partial charge on any atom is 0.175 e. The van der Waals surface area contributed by atoms with Gasteiger partial charge in [-0.25, -0.2) is 8.42 Å². The van der Waals surface area contributed by atoms with Crippen LogP contribution in [0.15, 0.2) is 33.5 Å². The van der Waals surface area contributed by atoms with Gasteiger partial charge in [0.25, 0.3) is 0 Å². The van der Waals surface area contributed by atoms with Crippen LogP contribution in [0.25, 0.3) is 0 Å². The summed E-state index contributed by atoms with van der Waals surface area (Å²) in [6.45, 7) is 2.16. The van der Waals surface area contributed by atoms with Gasteiger partial charge in [0.05, 0.1) is 18.0 Å². The quantitative estimate of drug-likeness (QED) is 0.484. The van der Waals surface area contributed by atoms with Crippen LogP contribution in [-0.2, 0) is 16.4 Å². The predicted octanol–water partition coefficient (Wildman–Crippen LogP) is 2.56. The van der Waals surface area contributed by atoms with E-state index in [2.05, 4.69) is 15.1 Å². The molecular formula is C15H21N3O3S3. The Morgan fingerprint density at radius 1 is 1.33 bits per heavy atom. The second kappa shape index (κ2) is 8.80. The molecule has 0 aliphatic rings. The van der Waals surface area contributed by atoms with E-state index in [1.54, 1.807) is 47.4 Å². The molecule has 1 aromatic heterocycles. The Balaban J connectivity index is 1.74. The normalized spacial score (nSPS) is 11.8. The van der Waals surface area contributed by atoms with Crippen molar-refractivity contribution in [1.82, 2.24) is 15.1 Å². The van der Waals surface area contributed by atoms with Crippen LogP contribution in [0.2, 0.25) is 0 Å². The summed E-state index contributed by atoms with van der Waals surface area (Å²) in [5, 5.41) is 9.24. The summed E-state index contributed by atoms with van der Waals surface area (Å²) in [4.78, 5) is 2.44. The molecule has 9 heteroatoms. The molecule has 0 unspecified atom stereocenters. The number of hydrogen-bond donors (Lipinski definition) is 0. The highest BCUT2D eigenvalue weighted by atomic mass is 32.2. The number of sulfone groups is 1. The molecule has 132 valence electrons. The first kappa shape index (κ1) is 19.2. The monoisotopic (exact) mass is 387 g/mol. The van der Waals surface area contributed by atoms with Gasteiger partial charge in [0.1, 0.15) is 10.8 Å². The SMILES string of the molecule is CSc1nnc(CN(C)CCCOc2cccc(S(C)(=O)=O)c2)s1. The smallest absolute Gasteiger partial charge is 0.175 e. The van der Waals surface area contributed by atoms with Crippen LogP contribution >= 0.6 is 23.1 Å². The fraction of sp³-hybridized carbons (Fsp3) is 0.467. The molecule has 0 N–H and O–H groups in total. The molecule has 0 aliphatic carbocycles. The summed E-state index contributed by atoms with van der Waals surface area (Å²) in [5.41, 5.74) is 0. The van der Waals surface area contributed by atoms with Crippen LogP contribution < -0.4 is 4.74 Å². The molecular weight excluding hydrogens is 366 g/mol. The minimum absolute atomic E-state index is 0.276. The topological polar surface area (TPSA) is 72.4 Å². The summed E-state index contributed by atoms with van der Waals surface area (Å²) in [5.74, 6) is 0.578. The molecule has 0 aliphatic heterocycles. The van der Waals surface area contributed by atoms with E-state index >= 15 is 0 Å². The van der Waals surface area contributed by atoms with Crippen LogP contribution in [0.1, 0.15) is 11.4 Å². The highest BCUT2D eigenvalue weighted by molar-refractivity contribution is 8.00. The van der Waals surface area contributed by atoms with Crippen molar-refractivity contribution in [2.45, 2.75) is 22.2 Å². The third-order valence-electron chi connectivity index (χ3n) is 3.21. The van der Waals surface area contributed by atoms with Gasteiger partial charge in [0.15, 0.2) is 14.2 Å². The van der Waals surface area contributed by atoms with Crippen molar-refractivity contribution in [3.05, 3.63) is 29.3 Å². The van der Waals surface area contributed by atoms with Crippen molar-refractivity contribution in [3.8, 4) is 5.75 Å². The standard InChI is InChI=1S/C15H21N3O3S3/c1-18(11-14-16-17-15(22-2)23-14)8-5-9-21-12-6-4-7-13(10-12)24(3,19)20/h4,6-7,10H,5,8-9,11H2,1-3H3. The van der Waals surface area contributed by atoms with Gasteiger partial charge in [0, 0.05) is 12.8 Å². The zero-order valence-corrected chi connectivity index (χ0v) is 16.4. The summed E-state index contributed by atoms with van der Waals surface area (Å²) >= 11 is 3.21. The molecule has 1 aromatic carbocycles. The molecule has 0 radical (unpaired) electrons. The molecule has 0 atom stereocenters. The number of aromatic nitrogens is 2.